The molecule has 4 heteroatoms. The van der Waals surface area contributed by atoms with E-state index in [1.807, 2.05) is 31.3 Å². The summed E-state index contributed by atoms with van der Waals surface area (Å²) < 4.78 is 0.836. The summed E-state index contributed by atoms with van der Waals surface area (Å²) in [5.74, 6) is 0.635. The second kappa shape index (κ2) is 5.19. The minimum atomic E-state index is 0.0415. The molecule has 2 N–H and O–H groups in total. The van der Waals surface area contributed by atoms with Crippen molar-refractivity contribution in [3.05, 3.63) is 34.3 Å². The Morgan fingerprint density at radius 1 is 1.53 bits per heavy atom. The molecular weight excluding hydrogens is 280 g/mol. The lowest BCUT2D eigenvalue weighted by Crippen LogP contribution is -2.43. The molecule has 2 rings (SSSR count). The Balaban J connectivity index is 2.16. The van der Waals surface area contributed by atoms with Crippen molar-refractivity contribution in [2.45, 2.75) is 18.9 Å². The van der Waals surface area contributed by atoms with Gasteiger partial charge in [0, 0.05) is 24.1 Å². The Bertz CT molecular complexity index is 418. The van der Waals surface area contributed by atoms with Crippen LogP contribution in [0.3, 0.4) is 0 Å². The van der Waals surface area contributed by atoms with Gasteiger partial charge in [0.25, 0.3) is 5.91 Å². The van der Waals surface area contributed by atoms with Crippen molar-refractivity contribution >= 4 is 21.8 Å². The lowest BCUT2D eigenvalue weighted by molar-refractivity contribution is 0.0718. The molecule has 0 aliphatic heterocycles. The summed E-state index contributed by atoms with van der Waals surface area (Å²) in [5, 5.41) is 0. The van der Waals surface area contributed by atoms with E-state index in [0.717, 1.165) is 4.47 Å². The van der Waals surface area contributed by atoms with Crippen molar-refractivity contribution in [1.82, 2.24) is 4.90 Å². The Morgan fingerprint density at radius 3 is 2.71 bits per heavy atom. The number of benzene rings is 1. The second-order valence-electron chi connectivity index (χ2n) is 4.54. The maximum atomic E-state index is 12.3. The van der Waals surface area contributed by atoms with Crippen molar-refractivity contribution in [2.24, 2.45) is 11.7 Å². The molecule has 0 heterocycles. The number of hydrogen-bond donors (Lipinski definition) is 1. The summed E-state index contributed by atoms with van der Waals surface area (Å²) in [4.78, 5) is 14.1. The lowest BCUT2D eigenvalue weighted by atomic mass is 10.1. The third-order valence-corrected chi connectivity index (χ3v) is 4.02. The van der Waals surface area contributed by atoms with Gasteiger partial charge in [0.15, 0.2) is 0 Å². The first-order valence-electron chi connectivity index (χ1n) is 5.87. The smallest absolute Gasteiger partial charge is 0.255 e. The summed E-state index contributed by atoms with van der Waals surface area (Å²) in [6, 6.07) is 7.68. The van der Waals surface area contributed by atoms with Crippen molar-refractivity contribution in [3.8, 4) is 0 Å². The van der Waals surface area contributed by atoms with Crippen LogP contribution in [0.1, 0.15) is 23.2 Å². The van der Waals surface area contributed by atoms with E-state index in [4.69, 9.17) is 5.73 Å². The predicted molar refractivity (Wildman–Crippen MR) is 71.8 cm³/mol. The molecule has 1 amide bonds. The molecule has 0 bridgehead atoms. The highest BCUT2D eigenvalue weighted by atomic mass is 79.9. The van der Waals surface area contributed by atoms with Gasteiger partial charge in [-0.3, -0.25) is 4.79 Å². The molecule has 1 unspecified atom stereocenters. The minimum absolute atomic E-state index is 0.0415. The van der Waals surface area contributed by atoms with Gasteiger partial charge in [0.2, 0.25) is 0 Å². The van der Waals surface area contributed by atoms with Crippen LogP contribution in [-0.2, 0) is 0 Å². The number of likely N-dealkylation sites (N-methyl/N-ethyl adjacent to an activating group) is 1. The lowest BCUT2D eigenvalue weighted by Gasteiger charge is -2.27. The molecule has 17 heavy (non-hydrogen) atoms. The van der Waals surface area contributed by atoms with E-state index < -0.39 is 0 Å². The van der Waals surface area contributed by atoms with Gasteiger partial charge in [-0.05, 0) is 46.8 Å². The summed E-state index contributed by atoms with van der Waals surface area (Å²) in [6.07, 6.45) is 2.38. The van der Waals surface area contributed by atoms with Crippen LogP contribution in [0.25, 0.3) is 0 Å². The van der Waals surface area contributed by atoms with E-state index in [1.54, 1.807) is 4.90 Å². The maximum Gasteiger partial charge on any atom is 0.255 e. The van der Waals surface area contributed by atoms with Crippen LogP contribution in [0, 0.1) is 5.92 Å². The Morgan fingerprint density at radius 2 is 2.18 bits per heavy atom. The molecule has 92 valence electrons. The number of hydrogen-bond acceptors (Lipinski definition) is 2. The number of halogens is 1. The van der Waals surface area contributed by atoms with Crippen LogP contribution in [-0.4, -0.2) is 30.4 Å². The van der Waals surface area contributed by atoms with Crippen molar-refractivity contribution < 1.29 is 4.79 Å². The first-order valence-corrected chi connectivity index (χ1v) is 6.66. The third-order valence-electron chi connectivity index (χ3n) is 3.33. The first kappa shape index (κ1) is 12.6. The highest BCUT2D eigenvalue weighted by Crippen LogP contribution is 2.35. The zero-order chi connectivity index (χ0) is 12.4. The fourth-order valence-electron chi connectivity index (χ4n) is 2.12. The van der Waals surface area contributed by atoms with Crippen LogP contribution in [0.4, 0.5) is 0 Å². The van der Waals surface area contributed by atoms with Gasteiger partial charge < -0.3 is 10.6 Å². The van der Waals surface area contributed by atoms with Gasteiger partial charge in [-0.15, -0.1) is 0 Å². The largest absolute Gasteiger partial charge is 0.337 e. The van der Waals surface area contributed by atoms with E-state index in [0.29, 0.717) is 18.0 Å². The Hall–Kier alpha value is -0.870. The van der Waals surface area contributed by atoms with Crippen LogP contribution in [0.2, 0.25) is 0 Å². The molecule has 1 saturated carbocycles. The monoisotopic (exact) mass is 296 g/mol. The van der Waals surface area contributed by atoms with E-state index in [2.05, 4.69) is 15.9 Å². The summed E-state index contributed by atoms with van der Waals surface area (Å²) in [7, 11) is 1.84. The normalized spacial score (nSPS) is 16.6. The highest BCUT2D eigenvalue weighted by molar-refractivity contribution is 9.10. The summed E-state index contributed by atoms with van der Waals surface area (Å²) in [6.45, 7) is 0.539. The zero-order valence-corrected chi connectivity index (χ0v) is 11.5. The van der Waals surface area contributed by atoms with E-state index in [-0.39, 0.29) is 11.9 Å². The topological polar surface area (TPSA) is 46.3 Å². The molecule has 1 aliphatic rings. The van der Waals surface area contributed by atoms with Gasteiger partial charge in [-0.25, -0.2) is 0 Å². The number of amides is 1. The van der Waals surface area contributed by atoms with Gasteiger partial charge in [-0.2, -0.15) is 0 Å². The number of carbonyl (C=O) groups is 1. The zero-order valence-electron chi connectivity index (χ0n) is 9.90. The summed E-state index contributed by atoms with van der Waals surface area (Å²) in [5.41, 5.74) is 6.47. The van der Waals surface area contributed by atoms with Crippen molar-refractivity contribution in [3.63, 3.8) is 0 Å². The Labute approximate surface area is 110 Å². The number of rotatable bonds is 4. The molecule has 1 aromatic carbocycles. The van der Waals surface area contributed by atoms with Gasteiger partial charge in [0.1, 0.15) is 0 Å². The fourth-order valence-corrected chi connectivity index (χ4v) is 2.58. The van der Waals surface area contributed by atoms with Gasteiger partial charge in [0.05, 0.1) is 5.56 Å². The average Bonchev–Trinajstić information content (AvgIpc) is 3.14. The molecule has 0 spiro atoms. The SMILES string of the molecule is CN(C(=O)c1ccccc1Br)C(CN)C1CC1. The first-order chi connectivity index (χ1) is 8.15. The van der Waals surface area contributed by atoms with Gasteiger partial charge in [-0.1, -0.05) is 12.1 Å². The van der Waals surface area contributed by atoms with Crippen LogP contribution >= 0.6 is 15.9 Å². The second-order valence-corrected chi connectivity index (χ2v) is 5.39. The molecule has 0 radical (unpaired) electrons. The average molecular weight is 297 g/mol. The van der Waals surface area contributed by atoms with Crippen molar-refractivity contribution in [2.75, 3.05) is 13.6 Å². The molecule has 0 saturated heterocycles. The van der Waals surface area contributed by atoms with E-state index in [9.17, 15) is 4.79 Å². The van der Waals surface area contributed by atoms with Gasteiger partial charge >= 0.3 is 0 Å². The fraction of sp³-hybridized carbons (Fsp3) is 0.462. The number of nitrogens with zero attached hydrogens (tertiary/aromatic N) is 1. The maximum absolute atomic E-state index is 12.3. The van der Waals surface area contributed by atoms with Crippen LogP contribution in [0.5, 0.6) is 0 Å². The predicted octanol–water partition coefficient (Wildman–Crippen LogP) is 2.26. The standard InChI is InChI=1S/C13H17BrN2O/c1-16(12(8-15)9-6-7-9)13(17)10-4-2-3-5-11(10)14/h2-5,9,12H,6-8,15H2,1H3. The molecule has 1 atom stereocenters. The molecule has 0 aromatic heterocycles. The number of carbonyl (C=O) groups excluding carboxylic acids is 1. The third kappa shape index (κ3) is 2.69. The molecule has 1 aromatic rings. The van der Waals surface area contributed by atoms with E-state index in [1.165, 1.54) is 12.8 Å². The molecule has 1 fully saturated rings. The minimum Gasteiger partial charge on any atom is -0.337 e. The highest BCUT2D eigenvalue weighted by Gasteiger charge is 2.35. The van der Waals surface area contributed by atoms with Crippen molar-refractivity contribution in [1.29, 1.82) is 0 Å². The Kier molecular flexibility index (Phi) is 3.84. The summed E-state index contributed by atoms with van der Waals surface area (Å²) >= 11 is 3.41. The molecule has 1 aliphatic carbocycles. The molecular formula is C13H17BrN2O. The quantitative estimate of drug-likeness (QED) is 0.926. The van der Waals surface area contributed by atoms with Crippen LogP contribution < -0.4 is 5.73 Å². The van der Waals surface area contributed by atoms with E-state index >= 15 is 0 Å². The molecule has 3 nitrogen and oxygen atoms in total. The van der Waals surface area contributed by atoms with Crippen LogP contribution in [0.15, 0.2) is 28.7 Å². The number of nitrogens with two attached hydrogens (primary N) is 1.